The number of hydrogen-bond acceptors (Lipinski definition) is 3. The molecule has 1 aromatic carbocycles. The van der Waals surface area contributed by atoms with Crippen LogP contribution in [0.3, 0.4) is 0 Å². The van der Waals surface area contributed by atoms with Crippen molar-refractivity contribution in [1.82, 2.24) is 4.57 Å². The number of nitrogens with zero attached hydrogens (tertiary/aromatic N) is 1. The van der Waals surface area contributed by atoms with Crippen LogP contribution < -0.4 is 4.74 Å². The summed E-state index contributed by atoms with van der Waals surface area (Å²) in [4.78, 5) is 0. The van der Waals surface area contributed by atoms with Crippen molar-refractivity contribution < 1.29 is 14.2 Å². The van der Waals surface area contributed by atoms with Crippen molar-refractivity contribution in [1.29, 1.82) is 0 Å². The fourth-order valence-corrected chi connectivity index (χ4v) is 2.40. The highest BCUT2D eigenvalue weighted by atomic mass is 16.7. The van der Waals surface area contributed by atoms with Crippen LogP contribution in [-0.4, -0.2) is 31.2 Å². The fraction of sp³-hybridized carbons (Fsp3) is 0.500. The van der Waals surface area contributed by atoms with Crippen LogP contribution >= 0.6 is 0 Å². The first-order chi connectivity index (χ1) is 9.80. The Morgan fingerprint density at radius 3 is 2.50 bits per heavy atom. The highest BCUT2D eigenvalue weighted by Crippen LogP contribution is 2.26. The van der Waals surface area contributed by atoms with Crippen LogP contribution in [0.15, 0.2) is 30.5 Å². The molecule has 0 aliphatic carbocycles. The Kier molecular flexibility index (Phi) is 5.44. The number of rotatable bonds is 8. The monoisotopic (exact) mass is 277 g/mol. The predicted octanol–water partition coefficient (Wildman–Crippen LogP) is 3.44. The average molecular weight is 277 g/mol. The summed E-state index contributed by atoms with van der Waals surface area (Å²) in [7, 11) is 1.70. The minimum Gasteiger partial charge on any atom is -0.496 e. The standard InChI is InChI=1S/C16H23NO3/c1-4-19-16(20-5-2)10-12-17-11-9-13-14(17)7-6-8-15(13)18-3/h6-9,11,16H,4-5,10,12H2,1-3H3. The van der Waals surface area contributed by atoms with Crippen molar-refractivity contribution in [3.05, 3.63) is 30.5 Å². The third-order valence-electron chi connectivity index (χ3n) is 3.30. The molecule has 0 saturated carbocycles. The molecular formula is C16H23NO3. The summed E-state index contributed by atoms with van der Waals surface area (Å²) < 4.78 is 18.7. The Labute approximate surface area is 120 Å². The van der Waals surface area contributed by atoms with Crippen molar-refractivity contribution >= 4 is 10.9 Å². The maximum atomic E-state index is 5.58. The van der Waals surface area contributed by atoms with Crippen LogP contribution in [0.5, 0.6) is 5.75 Å². The first kappa shape index (κ1) is 14.9. The summed E-state index contributed by atoms with van der Waals surface area (Å²) in [5.41, 5.74) is 1.18. The molecule has 0 unspecified atom stereocenters. The Hall–Kier alpha value is -1.52. The minimum absolute atomic E-state index is 0.131. The van der Waals surface area contributed by atoms with Gasteiger partial charge in [-0.1, -0.05) is 6.07 Å². The second-order valence-corrected chi connectivity index (χ2v) is 4.53. The predicted molar refractivity (Wildman–Crippen MR) is 80.1 cm³/mol. The van der Waals surface area contributed by atoms with Crippen LogP contribution in [0.4, 0.5) is 0 Å². The van der Waals surface area contributed by atoms with Crippen LogP contribution in [-0.2, 0) is 16.0 Å². The number of methoxy groups -OCH3 is 1. The summed E-state index contributed by atoms with van der Waals surface area (Å²) in [6, 6.07) is 8.19. The average Bonchev–Trinajstić information content (AvgIpc) is 2.88. The van der Waals surface area contributed by atoms with Gasteiger partial charge in [-0.2, -0.15) is 0 Å². The maximum absolute atomic E-state index is 5.58. The zero-order valence-electron chi connectivity index (χ0n) is 12.5. The van der Waals surface area contributed by atoms with Gasteiger partial charge in [0.25, 0.3) is 0 Å². The normalized spacial score (nSPS) is 11.4. The van der Waals surface area contributed by atoms with Crippen LogP contribution in [0, 0.1) is 0 Å². The Balaban J connectivity index is 2.09. The number of aryl methyl sites for hydroxylation is 1. The molecule has 0 radical (unpaired) electrons. The molecule has 1 heterocycles. The van der Waals surface area contributed by atoms with E-state index in [9.17, 15) is 0 Å². The van der Waals surface area contributed by atoms with Gasteiger partial charge in [0.2, 0.25) is 0 Å². The van der Waals surface area contributed by atoms with Crippen LogP contribution in [0.1, 0.15) is 20.3 Å². The van der Waals surface area contributed by atoms with E-state index in [1.54, 1.807) is 7.11 Å². The molecule has 0 fully saturated rings. The smallest absolute Gasteiger partial charge is 0.159 e. The minimum atomic E-state index is -0.131. The molecule has 0 amide bonds. The number of benzene rings is 1. The first-order valence-corrected chi connectivity index (χ1v) is 7.15. The molecule has 4 heteroatoms. The molecule has 0 aliphatic heterocycles. The van der Waals surface area contributed by atoms with Crippen LogP contribution in [0.2, 0.25) is 0 Å². The van der Waals surface area contributed by atoms with Gasteiger partial charge in [0, 0.05) is 37.8 Å². The zero-order chi connectivity index (χ0) is 14.4. The molecule has 0 saturated heterocycles. The second-order valence-electron chi connectivity index (χ2n) is 4.53. The summed E-state index contributed by atoms with van der Waals surface area (Å²) in [6.45, 7) is 6.18. The van der Waals surface area contributed by atoms with Gasteiger partial charge < -0.3 is 18.8 Å². The number of fused-ring (bicyclic) bond motifs is 1. The van der Waals surface area contributed by atoms with E-state index < -0.39 is 0 Å². The van der Waals surface area contributed by atoms with E-state index in [4.69, 9.17) is 14.2 Å². The molecule has 0 aliphatic rings. The molecule has 0 N–H and O–H groups in total. The highest BCUT2D eigenvalue weighted by Gasteiger charge is 2.10. The SMILES string of the molecule is CCOC(CCn1ccc2c(OC)cccc21)OCC. The van der Waals surface area contributed by atoms with Gasteiger partial charge >= 0.3 is 0 Å². The first-order valence-electron chi connectivity index (χ1n) is 7.15. The van der Waals surface area contributed by atoms with Gasteiger partial charge in [0.15, 0.2) is 6.29 Å². The lowest BCUT2D eigenvalue weighted by Gasteiger charge is -2.17. The highest BCUT2D eigenvalue weighted by molar-refractivity contribution is 5.86. The van der Waals surface area contributed by atoms with Gasteiger partial charge in [-0.3, -0.25) is 0 Å². The number of ether oxygens (including phenoxy) is 3. The lowest BCUT2D eigenvalue weighted by molar-refractivity contribution is -0.140. The Bertz CT molecular complexity index is 530. The van der Waals surface area contributed by atoms with Crippen molar-refractivity contribution in [3.8, 4) is 5.75 Å². The Morgan fingerprint density at radius 2 is 1.85 bits per heavy atom. The van der Waals surface area contributed by atoms with E-state index in [0.717, 1.165) is 24.1 Å². The largest absolute Gasteiger partial charge is 0.496 e. The van der Waals surface area contributed by atoms with Gasteiger partial charge in [-0.15, -0.1) is 0 Å². The summed E-state index contributed by atoms with van der Waals surface area (Å²) in [5.74, 6) is 0.910. The molecule has 0 atom stereocenters. The fourth-order valence-electron chi connectivity index (χ4n) is 2.40. The lowest BCUT2D eigenvalue weighted by Crippen LogP contribution is -2.19. The van der Waals surface area contributed by atoms with E-state index in [0.29, 0.717) is 13.2 Å². The van der Waals surface area contributed by atoms with Gasteiger partial charge in [0.1, 0.15) is 5.75 Å². The van der Waals surface area contributed by atoms with E-state index in [-0.39, 0.29) is 6.29 Å². The molecule has 4 nitrogen and oxygen atoms in total. The molecule has 2 rings (SSSR count). The lowest BCUT2D eigenvalue weighted by atomic mass is 10.2. The third kappa shape index (κ3) is 3.32. The summed E-state index contributed by atoms with van der Waals surface area (Å²) in [5, 5.41) is 1.14. The molecule has 0 spiro atoms. The van der Waals surface area contributed by atoms with Gasteiger partial charge in [0.05, 0.1) is 12.6 Å². The zero-order valence-corrected chi connectivity index (χ0v) is 12.5. The maximum Gasteiger partial charge on any atom is 0.159 e. The summed E-state index contributed by atoms with van der Waals surface area (Å²) in [6.07, 6.45) is 2.79. The van der Waals surface area contributed by atoms with Crippen molar-refractivity contribution in [2.45, 2.75) is 33.1 Å². The molecule has 0 bridgehead atoms. The van der Waals surface area contributed by atoms with Crippen molar-refractivity contribution in [2.24, 2.45) is 0 Å². The van der Waals surface area contributed by atoms with E-state index in [1.807, 2.05) is 26.0 Å². The molecule has 20 heavy (non-hydrogen) atoms. The van der Waals surface area contributed by atoms with E-state index >= 15 is 0 Å². The second kappa shape index (κ2) is 7.31. The number of aromatic nitrogens is 1. The van der Waals surface area contributed by atoms with Gasteiger partial charge in [-0.25, -0.2) is 0 Å². The van der Waals surface area contributed by atoms with Crippen molar-refractivity contribution in [2.75, 3.05) is 20.3 Å². The third-order valence-corrected chi connectivity index (χ3v) is 3.30. The topological polar surface area (TPSA) is 32.6 Å². The summed E-state index contributed by atoms with van der Waals surface area (Å²) >= 11 is 0. The molecular weight excluding hydrogens is 254 g/mol. The van der Waals surface area contributed by atoms with E-state index in [2.05, 4.69) is 22.9 Å². The quantitative estimate of drug-likeness (QED) is 0.693. The van der Waals surface area contributed by atoms with Crippen LogP contribution in [0.25, 0.3) is 10.9 Å². The van der Waals surface area contributed by atoms with Crippen molar-refractivity contribution in [3.63, 3.8) is 0 Å². The molecule has 2 aromatic rings. The molecule has 1 aromatic heterocycles. The van der Waals surface area contributed by atoms with Gasteiger partial charge in [-0.05, 0) is 32.0 Å². The van der Waals surface area contributed by atoms with E-state index in [1.165, 1.54) is 5.52 Å². The molecule has 110 valence electrons. The Morgan fingerprint density at radius 1 is 1.10 bits per heavy atom. The number of hydrogen-bond donors (Lipinski definition) is 0.